The van der Waals surface area contributed by atoms with Gasteiger partial charge in [0.2, 0.25) is 5.91 Å². The van der Waals surface area contributed by atoms with Gasteiger partial charge >= 0.3 is 0 Å². The van der Waals surface area contributed by atoms with E-state index in [1.54, 1.807) is 17.0 Å². The van der Waals surface area contributed by atoms with Gasteiger partial charge in [-0.05, 0) is 42.8 Å². The molecule has 1 aliphatic heterocycles. The third-order valence-corrected chi connectivity index (χ3v) is 5.18. The van der Waals surface area contributed by atoms with E-state index in [-0.39, 0.29) is 24.9 Å². The first-order valence-electron chi connectivity index (χ1n) is 8.78. The van der Waals surface area contributed by atoms with Crippen LogP contribution in [0.1, 0.15) is 13.3 Å². The number of aliphatic hydroxyl groups is 1. The van der Waals surface area contributed by atoms with E-state index in [0.717, 1.165) is 17.5 Å². The van der Waals surface area contributed by atoms with E-state index < -0.39 is 17.7 Å². The van der Waals surface area contributed by atoms with Crippen molar-refractivity contribution in [1.82, 2.24) is 9.47 Å². The van der Waals surface area contributed by atoms with E-state index in [1.807, 2.05) is 11.5 Å². The van der Waals surface area contributed by atoms with Crippen LogP contribution >= 0.6 is 0 Å². The fourth-order valence-corrected chi connectivity index (χ4v) is 3.84. The lowest BCUT2D eigenvalue weighted by atomic mass is 10.1. The number of rotatable bonds is 4. The minimum absolute atomic E-state index is 0.00129. The number of hydrogen-bond donors (Lipinski definition) is 1. The molecule has 4 rings (SSSR count). The number of carbonyl (C=O) groups excluding carboxylic acids is 1. The molecule has 0 spiro atoms. The Balaban J connectivity index is 1.70. The van der Waals surface area contributed by atoms with Crippen LogP contribution in [0, 0.1) is 17.6 Å². The SMILES string of the molecule is C[C@@H]1CCN(CC(O)Cn2c3ccc(F)cc3c3cc(F)ccc32)C1=O. The lowest BCUT2D eigenvalue weighted by Crippen LogP contribution is -2.36. The van der Waals surface area contributed by atoms with Crippen LogP contribution in [0.3, 0.4) is 0 Å². The molecule has 0 bridgehead atoms. The van der Waals surface area contributed by atoms with Crippen molar-refractivity contribution in [3.63, 3.8) is 0 Å². The van der Waals surface area contributed by atoms with Gasteiger partial charge in [-0.3, -0.25) is 4.79 Å². The van der Waals surface area contributed by atoms with E-state index in [1.165, 1.54) is 24.3 Å². The van der Waals surface area contributed by atoms with E-state index in [4.69, 9.17) is 0 Å². The number of carbonyl (C=O) groups is 1. The van der Waals surface area contributed by atoms with Gasteiger partial charge < -0.3 is 14.6 Å². The van der Waals surface area contributed by atoms with Gasteiger partial charge in [0.1, 0.15) is 11.6 Å². The normalized spacial score (nSPS) is 19.0. The van der Waals surface area contributed by atoms with Gasteiger partial charge in [-0.1, -0.05) is 6.92 Å². The zero-order chi connectivity index (χ0) is 18.4. The van der Waals surface area contributed by atoms with Crippen LogP contribution in [-0.2, 0) is 11.3 Å². The summed E-state index contributed by atoms with van der Waals surface area (Å²) in [5.41, 5.74) is 1.46. The second-order valence-electron chi connectivity index (χ2n) is 7.06. The summed E-state index contributed by atoms with van der Waals surface area (Å²) in [7, 11) is 0. The molecule has 1 aliphatic rings. The van der Waals surface area contributed by atoms with Crippen molar-refractivity contribution in [2.24, 2.45) is 5.92 Å². The Morgan fingerprint density at radius 1 is 1.08 bits per heavy atom. The number of hydrogen-bond acceptors (Lipinski definition) is 2. The van der Waals surface area contributed by atoms with Crippen LogP contribution in [0.15, 0.2) is 36.4 Å². The van der Waals surface area contributed by atoms with E-state index in [0.29, 0.717) is 17.3 Å². The van der Waals surface area contributed by atoms with Crippen molar-refractivity contribution in [1.29, 1.82) is 0 Å². The lowest BCUT2D eigenvalue weighted by molar-refractivity contribution is -0.131. The monoisotopic (exact) mass is 358 g/mol. The van der Waals surface area contributed by atoms with Crippen molar-refractivity contribution < 1.29 is 18.7 Å². The molecule has 1 amide bonds. The molecule has 2 atom stereocenters. The number of amides is 1. The molecule has 1 aromatic heterocycles. The van der Waals surface area contributed by atoms with E-state index in [9.17, 15) is 18.7 Å². The molecule has 0 saturated carbocycles. The predicted octanol–water partition coefficient (Wildman–Crippen LogP) is 3.30. The molecule has 26 heavy (non-hydrogen) atoms. The van der Waals surface area contributed by atoms with Crippen LogP contribution in [0.4, 0.5) is 8.78 Å². The van der Waals surface area contributed by atoms with Gasteiger partial charge in [-0.2, -0.15) is 0 Å². The lowest BCUT2D eigenvalue weighted by Gasteiger charge is -2.21. The smallest absolute Gasteiger partial charge is 0.225 e. The van der Waals surface area contributed by atoms with Crippen molar-refractivity contribution in [2.75, 3.05) is 13.1 Å². The number of aromatic nitrogens is 1. The zero-order valence-electron chi connectivity index (χ0n) is 14.5. The van der Waals surface area contributed by atoms with Crippen molar-refractivity contribution >= 4 is 27.7 Å². The summed E-state index contributed by atoms with van der Waals surface area (Å²) in [6, 6.07) is 8.74. The van der Waals surface area contributed by atoms with Crippen molar-refractivity contribution in [3.05, 3.63) is 48.0 Å². The zero-order valence-corrected chi connectivity index (χ0v) is 14.5. The summed E-state index contributed by atoms with van der Waals surface area (Å²) < 4.78 is 29.2. The number of likely N-dealkylation sites (tertiary alicyclic amines) is 1. The number of β-amino-alcohol motifs (C(OH)–C–C–N with tert-alkyl or cyclic N) is 1. The Kier molecular flexibility index (Phi) is 4.15. The molecule has 1 saturated heterocycles. The van der Waals surface area contributed by atoms with Crippen molar-refractivity contribution in [2.45, 2.75) is 26.0 Å². The number of fused-ring (bicyclic) bond motifs is 3. The topological polar surface area (TPSA) is 45.5 Å². The quantitative estimate of drug-likeness (QED) is 0.778. The van der Waals surface area contributed by atoms with Crippen LogP contribution in [0.2, 0.25) is 0 Å². The molecular weight excluding hydrogens is 338 g/mol. The average Bonchev–Trinajstić information content (AvgIpc) is 3.07. The number of nitrogens with zero attached hydrogens (tertiary/aromatic N) is 2. The van der Waals surface area contributed by atoms with Gasteiger partial charge in [0.15, 0.2) is 0 Å². The van der Waals surface area contributed by atoms with Gasteiger partial charge in [0, 0.05) is 40.8 Å². The van der Waals surface area contributed by atoms with Gasteiger partial charge in [0.05, 0.1) is 12.6 Å². The number of benzene rings is 2. The first-order chi connectivity index (χ1) is 12.4. The summed E-state index contributed by atoms with van der Waals surface area (Å²) in [5, 5.41) is 11.8. The van der Waals surface area contributed by atoms with Gasteiger partial charge in [-0.25, -0.2) is 8.78 Å². The molecule has 4 nitrogen and oxygen atoms in total. The van der Waals surface area contributed by atoms with E-state index >= 15 is 0 Å². The van der Waals surface area contributed by atoms with Crippen LogP contribution in [-0.4, -0.2) is 39.7 Å². The van der Waals surface area contributed by atoms with Crippen LogP contribution in [0.25, 0.3) is 21.8 Å². The third-order valence-electron chi connectivity index (χ3n) is 5.18. The summed E-state index contributed by atoms with van der Waals surface area (Å²) in [6.07, 6.45) is 0.0395. The highest BCUT2D eigenvalue weighted by molar-refractivity contribution is 6.08. The fraction of sp³-hybridized carbons (Fsp3) is 0.350. The summed E-state index contributed by atoms with van der Waals surface area (Å²) in [5.74, 6) is -0.715. The predicted molar refractivity (Wildman–Crippen MR) is 95.7 cm³/mol. The summed E-state index contributed by atoms with van der Waals surface area (Å²) >= 11 is 0. The molecule has 2 heterocycles. The molecule has 1 N–H and O–H groups in total. The molecule has 3 aromatic rings. The van der Waals surface area contributed by atoms with Gasteiger partial charge in [0.25, 0.3) is 0 Å². The molecule has 1 fully saturated rings. The largest absolute Gasteiger partial charge is 0.389 e. The Bertz CT molecular complexity index is 939. The standard InChI is InChI=1S/C20H20F2N2O2/c1-12-6-7-23(20(12)26)10-15(25)11-24-18-4-2-13(21)8-16(18)17-9-14(22)3-5-19(17)24/h2-5,8-9,12,15,25H,6-7,10-11H2,1H3/t12-,15?/m1/s1. The molecule has 1 unspecified atom stereocenters. The summed E-state index contributed by atoms with van der Waals surface area (Å²) in [6.45, 7) is 3.05. The second-order valence-corrected chi connectivity index (χ2v) is 7.06. The maximum absolute atomic E-state index is 13.7. The first kappa shape index (κ1) is 17.0. The second kappa shape index (κ2) is 6.36. The maximum atomic E-state index is 13.7. The molecular formula is C20H20F2N2O2. The fourth-order valence-electron chi connectivity index (χ4n) is 3.84. The highest BCUT2D eigenvalue weighted by atomic mass is 19.1. The third kappa shape index (κ3) is 2.84. The Morgan fingerprint density at radius 2 is 1.65 bits per heavy atom. The molecule has 6 heteroatoms. The Morgan fingerprint density at radius 3 is 2.15 bits per heavy atom. The van der Waals surface area contributed by atoms with E-state index in [2.05, 4.69) is 0 Å². The molecule has 0 radical (unpaired) electrons. The maximum Gasteiger partial charge on any atom is 0.225 e. The number of aliphatic hydroxyl groups excluding tert-OH is 1. The van der Waals surface area contributed by atoms with Gasteiger partial charge in [-0.15, -0.1) is 0 Å². The van der Waals surface area contributed by atoms with Crippen LogP contribution < -0.4 is 0 Å². The first-order valence-corrected chi connectivity index (χ1v) is 8.78. The average molecular weight is 358 g/mol. The summed E-state index contributed by atoms with van der Waals surface area (Å²) in [4.78, 5) is 13.8. The highest BCUT2D eigenvalue weighted by Crippen LogP contribution is 2.30. The Labute approximate surface area is 149 Å². The van der Waals surface area contributed by atoms with Crippen molar-refractivity contribution in [3.8, 4) is 0 Å². The number of halogens is 2. The molecule has 2 aromatic carbocycles. The highest BCUT2D eigenvalue weighted by Gasteiger charge is 2.29. The Hall–Kier alpha value is -2.47. The molecule has 136 valence electrons. The minimum Gasteiger partial charge on any atom is -0.389 e. The minimum atomic E-state index is -0.766. The molecule has 0 aliphatic carbocycles. The van der Waals surface area contributed by atoms with Crippen LogP contribution in [0.5, 0.6) is 0 Å².